The molecule has 6 atom stereocenters. The molecule has 2 heterocycles. The lowest BCUT2D eigenvalue weighted by atomic mass is 9.85. The van der Waals surface area contributed by atoms with E-state index in [0.29, 0.717) is 6.61 Å². The molecule has 1 aromatic carbocycles. The lowest BCUT2D eigenvalue weighted by molar-refractivity contribution is -0.154. The Morgan fingerprint density at radius 3 is 2.02 bits per heavy atom. The summed E-state index contributed by atoms with van der Waals surface area (Å²) in [7, 11) is -4.51. The van der Waals surface area contributed by atoms with E-state index in [0.717, 1.165) is 31.4 Å². The van der Waals surface area contributed by atoms with Crippen molar-refractivity contribution in [2.24, 2.45) is 5.92 Å². The minimum atomic E-state index is -4.51. The molecule has 3 rings (SSSR count). The number of hydrogen-bond donors (Lipinski definition) is 1. The minimum absolute atomic E-state index is 0.106. The molecule has 2 aliphatic heterocycles. The number of carbonyl (C=O) groups excluding carboxylic acids is 1. The molecule has 2 aliphatic rings. The van der Waals surface area contributed by atoms with Gasteiger partial charge in [-0.25, -0.2) is 4.57 Å². The molecule has 1 aromatic rings. The standard InChI is InChI=1S/C35H60NO7P/c1-5-7-8-9-10-11-12-13-14-15-16-17-18-22-27-40-28-32(42-33(37)6-2)29-41-44(38,39)43-35(31-23-20-19-21-24-31)34(4)30(3)25-26-36(34)35/h19-21,23-24,30,32H,5-18,22,25-29H2,1-4H3,(H,38,39). The predicted molar refractivity (Wildman–Crippen MR) is 175 cm³/mol. The van der Waals surface area contributed by atoms with Crippen LogP contribution in [0.25, 0.3) is 0 Å². The number of esters is 1. The Morgan fingerprint density at radius 1 is 0.932 bits per heavy atom. The van der Waals surface area contributed by atoms with Crippen LogP contribution in [0.2, 0.25) is 0 Å². The first-order valence-electron chi connectivity index (χ1n) is 17.5. The smallest absolute Gasteiger partial charge is 0.457 e. The Labute approximate surface area is 267 Å². The van der Waals surface area contributed by atoms with Gasteiger partial charge in [-0.15, -0.1) is 0 Å². The molecule has 0 radical (unpaired) electrons. The molecular formula is C35H60NO7P. The highest BCUT2D eigenvalue weighted by Gasteiger charge is 2.80. The highest BCUT2D eigenvalue weighted by molar-refractivity contribution is 7.47. The largest absolute Gasteiger partial charge is 0.474 e. The summed E-state index contributed by atoms with van der Waals surface area (Å²) in [5, 5.41) is 0. The zero-order valence-electron chi connectivity index (χ0n) is 28.0. The maximum Gasteiger partial charge on any atom is 0.474 e. The maximum atomic E-state index is 13.3. The van der Waals surface area contributed by atoms with Crippen molar-refractivity contribution < 1.29 is 32.8 Å². The Morgan fingerprint density at radius 2 is 1.50 bits per heavy atom. The number of ether oxygens (including phenoxy) is 2. The van der Waals surface area contributed by atoms with Crippen LogP contribution in [0.4, 0.5) is 0 Å². The SMILES string of the molecule is CCCCCCCCCCCCCCCCOCC(COP(=O)(O)OC1(c2ccccc2)N2CCC(C)C21C)OC(=O)CC. The van der Waals surface area contributed by atoms with Crippen LogP contribution in [-0.2, 0) is 33.6 Å². The van der Waals surface area contributed by atoms with E-state index in [-0.39, 0.29) is 25.6 Å². The molecule has 2 saturated heterocycles. The number of piperidine rings is 1. The van der Waals surface area contributed by atoms with Crippen LogP contribution < -0.4 is 0 Å². The number of unbranched alkanes of at least 4 members (excludes halogenated alkanes) is 13. The highest BCUT2D eigenvalue weighted by Crippen LogP contribution is 2.71. The van der Waals surface area contributed by atoms with E-state index in [1.807, 2.05) is 30.3 Å². The third-order valence-corrected chi connectivity index (χ3v) is 10.7. The summed E-state index contributed by atoms with van der Waals surface area (Å²) in [5.74, 6) is -0.124. The summed E-state index contributed by atoms with van der Waals surface area (Å²) in [6.45, 7) is 9.34. The van der Waals surface area contributed by atoms with Crippen molar-refractivity contribution in [3.8, 4) is 0 Å². The number of hydrogen-bond acceptors (Lipinski definition) is 7. The number of phosphoric acid groups is 1. The molecule has 0 bridgehead atoms. The van der Waals surface area contributed by atoms with Gasteiger partial charge in [0, 0.05) is 25.1 Å². The van der Waals surface area contributed by atoms with Crippen LogP contribution in [0.15, 0.2) is 30.3 Å². The summed E-state index contributed by atoms with van der Waals surface area (Å²) in [5.41, 5.74) is -0.603. The Kier molecular flexibility index (Phi) is 15.9. The Balaban J connectivity index is 1.35. The van der Waals surface area contributed by atoms with Crippen LogP contribution in [0, 0.1) is 5.92 Å². The van der Waals surface area contributed by atoms with Crippen LogP contribution in [0.1, 0.15) is 136 Å². The second-order valence-electron chi connectivity index (χ2n) is 13.0. The van der Waals surface area contributed by atoms with Gasteiger partial charge in [-0.3, -0.25) is 18.7 Å². The van der Waals surface area contributed by atoms with Gasteiger partial charge in [-0.1, -0.05) is 135 Å². The first-order chi connectivity index (χ1) is 21.2. The van der Waals surface area contributed by atoms with Gasteiger partial charge in [0.25, 0.3) is 0 Å². The number of carbonyl (C=O) groups is 1. The average molecular weight is 638 g/mol. The quantitative estimate of drug-likeness (QED) is 0.0492. The monoisotopic (exact) mass is 637 g/mol. The lowest BCUT2D eigenvalue weighted by Gasteiger charge is -2.28. The normalized spacial score (nSPS) is 26.2. The summed E-state index contributed by atoms with van der Waals surface area (Å²) in [6.07, 6.45) is 18.5. The molecule has 6 unspecified atom stereocenters. The van der Waals surface area contributed by atoms with E-state index in [2.05, 4.69) is 25.7 Å². The fourth-order valence-corrected chi connectivity index (χ4v) is 7.93. The molecule has 8 nitrogen and oxygen atoms in total. The summed E-state index contributed by atoms with van der Waals surface area (Å²) in [6, 6.07) is 9.57. The Bertz CT molecular complexity index is 1010. The second kappa shape index (κ2) is 18.8. The number of benzene rings is 1. The van der Waals surface area contributed by atoms with Crippen molar-refractivity contribution >= 4 is 13.8 Å². The van der Waals surface area contributed by atoms with Crippen molar-refractivity contribution in [3.05, 3.63) is 35.9 Å². The lowest BCUT2D eigenvalue weighted by Crippen LogP contribution is -2.32. The summed E-state index contributed by atoms with van der Waals surface area (Å²) in [4.78, 5) is 25.1. The van der Waals surface area contributed by atoms with Gasteiger partial charge in [0.15, 0.2) is 5.72 Å². The van der Waals surface area contributed by atoms with E-state index in [4.69, 9.17) is 18.5 Å². The van der Waals surface area contributed by atoms with Gasteiger partial charge in [-0.05, 0) is 25.7 Å². The third-order valence-electron chi connectivity index (χ3n) is 9.69. The van der Waals surface area contributed by atoms with Crippen LogP contribution in [0.5, 0.6) is 0 Å². The average Bonchev–Trinajstić information content (AvgIpc) is 3.38. The zero-order valence-corrected chi connectivity index (χ0v) is 28.9. The maximum absolute atomic E-state index is 13.3. The van der Waals surface area contributed by atoms with E-state index in [1.165, 1.54) is 77.0 Å². The van der Waals surface area contributed by atoms with Gasteiger partial charge in [0.2, 0.25) is 0 Å². The molecule has 0 amide bonds. The molecule has 0 aromatic heterocycles. The fourth-order valence-electron chi connectivity index (χ4n) is 6.80. The molecule has 0 spiro atoms. The molecule has 9 heteroatoms. The van der Waals surface area contributed by atoms with Gasteiger partial charge in [0.05, 0.1) is 18.8 Å². The molecule has 0 saturated carbocycles. The number of nitrogens with zero attached hydrogens (tertiary/aromatic N) is 1. The molecular weight excluding hydrogens is 577 g/mol. The fraction of sp³-hybridized carbons (Fsp3) is 0.800. The summed E-state index contributed by atoms with van der Waals surface area (Å²) < 4.78 is 36.1. The number of phosphoric ester groups is 1. The van der Waals surface area contributed by atoms with Gasteiger partial charge in [0.1, 0.15) is 6.10 Å². The molecule has 1 N–H and O–H groups in total. The first kappa shape index (κ1) is 37.2. The topological polar surface area (TPSA) is 94.3 Å². The van der Waals surface area contributed by atoms with E-state index in [1.54, 1.807) is 6.92 Å². The van der Waals surface area contributed by atoms with E-state index < -0.39 is 31.2 Å². The number of fused-ring (bicyclic) bond motifs is 1. The van der Waals surface area contributed by atoms with Crippen molar-refractivity contribution in [2.45, 2.75) is 148 Å². The molecule has 0 aliphatic carbocycles. The van der Waals surface area contributed by atoms with Crippen LogP contribution in [-0.4, -0.2) is 53.8 Å². The number of rotatable bonds is 25. The van der Waals surface area contributed by atoms with Crippen molar-refractivity contribution in [1.82, 2.24) is 4.90 Å². The molecule has 252 valence electrons. The van der Waals surface area contributed by atoms with E-state index >= 15 is 0 Å². The van der Waals surface area contributed by atoms with E-state index in [9.17, 15) is 14.3 Å². The zero-order chi connectivity index (χ0) is 31.9. The molecule has 2 fully saturated rings. The van der Waals surface area contributed by atoms with Gasteiger partial charge >= 0.3 is 13.8 Å². The van der Waals surface area contributed by atoms with Gasteiger partial charge < -0.3 is 14.4 Å². The third kappa shape index (κ3) is 10.4. The molecule has 44 heavy (non-hydrogen) atoms. The van der Waals surface area contributed by atoms with Crippen molar-refractivity contribution in [1.29, 1.82) is 0 Å². The highest BCUT2D eigenvalue weighted by atomic mass is 31.2. The van der Waals surface area contributed by atoms with Gasteiger partial charge in [-0.2, -0.15) is 0 Å². The Hall–Kier alpha value is -1.28. The second-order valence-corrected chi connectivity index (χ2v) is 14.4. The van der Waals surface area contributed by atoms with Crippen molar-refractivity contribution in [3.63, 3.8) is 0 Å². The summed E-state index contributed by atoms with van der Waals surface area (Å²) >= 11 is 0. The predicted octanol–water partition coefficient (Wildman–Crippen LogP) is 8.91. The van der Waals surface area contributed by atoms with Crippen LogP contribution in [0.3, 0.4) is 0 Å². The van der Waals surface area contributed by atoms with Crippen LogP contribution >= 0.6 is 7.82 Å². The first-order valence-corrected chi connectivity index (χ1v) is 19.0. The van der Waals surface area contributed by atoms with Crippen molar-refractivity contribution in [2.75, 3.05) is 26.4 Å². The minimum Gasteiger partial charge on any atom is -0.457 e.